The van der Waals surface area contributed by atoms with Crippen molar-refractivity contribution in [3.63, 3.8) is 0 Å². The second-order valence-electron chi connectivity index (χ2n) is 8.20. The zero-order chi connectivity index (χ0) is 18.8. The summed E-state index contributed by atoms with van der Waals surface area (Å²) in [6, 6.07) is 28.7. The predicted octanol–water partition coefficient (Wildman–Crippen LogP) is 4.85. The van der Waals surface area contributed by atoms with Gasteiger partial charge in [0.25, 0.3) is 0 Å². The third kappa shape index (κ3) is 3.34. The Kier molecular flexibility index (Phi) is 5.06. The molecule has 2 heteroatoms. The van der Waals surface area contributed by atoms with Crippen LogP contribution in [0.4, 0.5) is 0 Å². The average molecular weight is 361 g/mol. The smallest absolute Gasteiger partial charge is 0.127 e. The molecule has 3 rings (SSSR count). The molecule has 0 saturated heterocycles. The number of benzene rings is 3. The molecule has 0 atom stereocenters. The van der Waals surface area contributed by atoms with Crippen LogP contribution >= 0.6 is 0 Å². The van der Waals surface area contributed by atoms with Crippen molar-refractivity contribution < 1.29 is 5.11 Å². The van der Waals surface area contributed by atoms with Crippen LogP contribution in [0, 0.1) is 6.92 Å². The molecule has 0 unspecified atom stereocenters. The van der Waals surface area contributed by atoms with E-state index in [0.717, 1.165) is 11.6 Å². The van der Waals surface area contributed by atoms with E-state index in [2.05, 4.69) is 94.4 Å². The van der Waals surface area contributed by atoms with Gasteiger partial charge in [0.15, 0.2) is 0 Å². The second kappa shape index (κ2) is 7.12. The van der Waals surface area contributed by atoms with Gasteiger partial charge in [-0.2, -0.15) is 0 Å². The van der Waals surface area contributed by atoms with Gasteiger partial charge >= 0.3 is 0 Å². The second-order valence-corrected chi connectivity index (χ2v) is 13.0. The SMILES string of the molecule is Cc1ccc(O)c(C[Si](c2ccccc2)(c2ccccc2)C(C)(C)C)c1. The summed E-state index contributed by atoms with van der Waals surface area (Å²) in [6.07, 6.45) is 0. The fraction of sp³-hybridized carbons (Fsp3) is 0.250. The van der Waals surface area contributed by atoms with Crippen LogP contribution < -0.4 is 10.4 Å². The van der Waals surface area contributed by atoms with Gasteiger partial charge in [0.05, 0.1) is 0 Å². The normalized spacial score (nSPS) is 12.2. The lowest BCUT2D eigenvalue weighted by Gasteiger charge is -2.44. The number of rotatable bonds is 4. The van der Waals surface area contributed by atoms with Gasteiger partial charge in [0, 0.05) is 0 Å². The first kappa shape index (κ1) is 18.5. The number of phenols is 1. The van der Waals surface area contributed by atoms with Crippen molar-refractivity contribution in [2.75, 3.05) is 0 Å². The van der Waals surface area contributed by atoms with E-state index in [1.54, 1.807) is 0 Å². The van der Waals surface area contributed by atoms with Gasteiger partial charge in [-0.3, -0.25) is 0 Å². The van der Waals surface area contributed by atoms with Gasteiger partial charge in [0.2, 0.25) is 0 Å². The largest absolute Gasteiger partial charge is 0.508 e. The highest BCUT2D eigenvalue weighted by Gasteiger charge is 2.47. The van der Waals surface area contributed by atoms with Crippen molar-refractivity contribution in [1.82, 2.24) is 0 Å². The third-order valence-electron chi connectivity index (χ3n) is 5.50. The number of phenolic OH excluding ortho intramolecular Hbond substituents is 1. The molecule has 0 aliphatic rings. The lowest BCUT2D eigenvalue weighted by atomic mass is 10.1. The fourth-order valence-electron chi connectivity index (χ4n) is 4.09. The molecule has 0 aliphatic carbocycles. The number of aromatic hydroxyl groups is 1. The van der Waals surface area contributed by atoms with Gasteiger partial charge in [0.1, 0.15) is 13.8 Å². The number of hydrogen-bond acceptors (Lipinski definition) is 1. The van der Waals surface area contributed by atoms with E-state index in [1.165, 1.54) is 15.9 Å². The molecule has 0 heterocycles. The molecule has 134 valence electrons. The fourth-order valence-corrected chi connectivity index (χ4v) is 9.47. The van der Waals surface area contributed by atoms with E-state index in [9.17, 15) is 5.11 Å². The number of hydrogen-bond donors (Lipinski definition) is 1. The van der Waals surface area contributed by atoms with Gasteiger partial charge in [-0.25, -0.2) is 0 Å². The molecule has 0 fully saturated rings. The van der Waals surface area contributed by atoms with Crippen LogP contribution in [-0.2, 0) is 6.04 Å². The molecule has 0 saturated carbocycles. The summed E-state index contributed by atoms with van der Waals surface area (Å²) >= 11 is 0. The van der Waals surface area contributed by atoms with Crippen molar-refractivity contribution in [2.24, 2.45) is 0 Å². The maximum atomic E-state index is 10.6. The van der Waals surface area contributed by atoms with Crippen molar-refractivity contribution >= 4 is 18.4 Å². The standard InChI is InChI=1S/C24H28OSi/c1-19-15-16-23(25)20(17-19)18-26(24(2,3)4,21-11-7-5-8-12-21)22-13-9-6-10-14-22/h5-17,25H,18H2,1-4H3. The molecule has 1 N–H and O–H groups in total. The summed E-state index contributed by atoms with van der Waals surface area (Å²) in [5, 5.41) is 13.5. The molecule has 26 heavy (non-hydrogen) atoms. The highest BCUT2D eigenvalue weighted by atomic mass is 28.3. The Labute approximate surface area is 158 Å². The molecule has 3 aromatic rings. The molecular weight excluding hydrogens is 332 g/mol. The van der Waals surface area contributed by atoms with Gasteiger partial charge in [-0.05, 0) is 29.6 Å². The Morgan fingerprint density at radius 3 is 1.73 bits per heavy atom. The van der Waals surface area contributed by atoms with Crippen LogP contribution in [0.3, 0.4) is 0 Å². The first-order chi connectivity index (χ1) is 12.3. The van der Waals surface area contributed by atoms with E-state index in [1.807, 2.05) is 12.1 Å². The van der Waals surface area contributed by atoms with Gasteiger partial charge in [-0.15, -0.1) is 0 Å². The summed E-state index contributed by atoms with van der Waals surface area (Å²) in [4.78, 5) is 0. The molecule has 0 amide bonds. The van der Waals surface area contributed by atoms with Crippen molar-refractivity contribution in [3.8, 4) is 5.75 Å². The summed E-state index contributed by atoms with van der Waals surface area (Å²) in [5.74, 6) is 0.406. The minimum atomic E-state index is -2.20. The Hall–Kier alpha value is -2.32. The first-order valence-corrected chi connectivity index (χ1v) is 11.4. The lowest BCUT2D eigenvalue weighted by Crippen LogP contribution is -2.66. The van der Waals surface area contributed by atoms with Crippen molar-refractivity contribution in [2.45, 2.75) is 38.8 Å². The Bertz CT molecular complexity index is 824. The minimum Gasteiger partial charge on any atom is -0.508 e. The Morgan fingerprint density at radius 1 is 0.769 bits per heavy atom. The van der Waals surface area contributed by atoms with Gasteiger partial charge in [-0.1, -0.05) is 110 Å². The molecule has 1 nitrogen and oxygen atoms in total. The van der Waals surface area contributed by atoms with E-state index in [-0.39, 0.29) is 5.04 Å². The maximum absolute atomic E-state index is 10.6. The van der Waals surface area contributed by atoms with Crippen molar-refractivity contribution in [3.05, 3.63) is 90.0 Å². The van der Waals surface area contributed by atoms with Crippen LogP contribution in [0.25, 0.3) is 0 Å². The predicted molar refractivity (Wildman–Crippen MR) is 114 cm³/mol. The highest BCUT2D eigenvalue weighted by molar-refractivity contribution is 7.03. The van der Waals surface area contributed by atoms with Crippen LogP contribution in [0.15, 0.2) is 78.9 Å². The zero-order valence-corrected chi connectivity index (χ0v) is 17.2. The zero-order valence-electron chi connectivity index (χ0n) is 16.2. The minimum absolute atomic E-state index is 0.0892. The molecule has 0 spiro atoms. The number of aryl methyl sites for hydroxylation is 1. The topological polar surface area (TPSA) is 20.2 Å². The first-order valence-electron chi connectivity index (χ1n) is 9.24. The lowest BCUT2D eigenvalue weighted by molar-refractivity contribution is 0.470. The molecule has 3 aromatic carbocycles. The summed E-state index contributed by atoms with van der Waals surface area (Å²) in [6.45, 7) is 9.15. The van der Waals surface area contributed by atoms with Crippen LogP contribution in [0.1, 0.15) is 31.9 Å². The Morgan fingerprint density at radius 2 is 1.27 bits per heavy atom. The molecular formula is C24H28OSi. The van der Waals surface area contributed by atoms with Crippen LogP contribution in [0.2, 0.25) is 5.04 Å². The van der Waals surface area contributed by atoms with Gasteiger partial charge < -0.3 is 5.11 Å². The van der Waals surface area contributed by atoms with Crippen LogP contribution in [0.5, 0.6) is 5.75 Å². The van der Waals surface area contributed by atoms with E-state index in [0.29, 0.717) is 5.75 Å². The summed E-state index contributed by atoms with van der Waals surface area (Å²) < 4.78 is 0. The summed E-state index contributed by atoms with van der Waals surface area (Å²) in [7, 11) is -2.20. The van der Waals surface area contributed by atoms with E-state index < -0.39 is 8.07 Å². The molecule has 0 radical (unpaired) electrons. The average Bonchev–Trinajstić information content (AvgIpc) is 2.63. The van der Waals surface area contributed by atoms with E-state index in [4.69, 9.17) is 0 Å². The summed E-state index contributed by atoms with van der Waals surface area (Å²) in [5.41, 5.74) is 2.25. The molecule has 0 aromatic heterocycles. The van der Waals surface area contributed by atoms with Crippen LogP contribution in [-0.4, -0.2) is 13.2 Å². The maximum Gasteiger partial charge on any atom is 0.127 e. The molecule has 0 bridgehead atoms. The molecule has 0 aliphatic heterocycles. The monoisotopic (exact) mass is 360 g/mol. The quantitative estimate of drug-likeness (QED) is 0.660. The van der Waals surface area contributed by atoms with E-state index >= 15 is 0 Å². The highest BCUT2D eigenvalue weighted by Crippen LogP contribution is 2.39. The van der Waals surface area contributed by atoms with Crippen molar-refractivity contribution in [1.29, 1.82) is 0 Å². The third-order valence-corrected chi connectivity index (χ3v) is 11.6. The Balaban J connectivity index is 2.29.